The second-order valence-corrected chi connectivity index (χ2v) is 4.51. The first-order chi connectivity index (χ1) is 7.04. The molecule has 0 radical (unpaired) electrons. The van der Waals surface area contributed by atoms with Gasteiger partial charge in [-0.05, 0) is 24.1 Å². The van der Waals surface area contributed by atoms with Gasteiger partial charge in [-0.1, -0.05) is 25.4 Å². The van der Waals surface area contributed by atoms with Crippen LogP contribution in [0.15, 0.2) is 18.2 Å². The molecule has 0 spiro atoms. The van der Waals surface area contributed by atoms with Gasteiger partial charge in [0.2, 0.25) is 0 Å². The minimum atomic E-state index is 0.580. The zero-order chi connectivity index (χ0) is 11.4. The van der Waals surface area contributed by atoms with E-state index in [0.29, 0.717) is 16.5 Å². The second-order valence-electron chi connectivity index (χ2n) is 4.10. The van der Waals surface area contributed by atoms with Crippen molar-refractivity contribution in [3.8, 4) is 0 Å². The number of aldehydes is 1. The molecule has 0 atom stereocenters. The van der Waals surface area contributed by atoms with Crippen LogP contribution in [0.5, 0.6) is 0 Å². The first kappa shape index (κ1) is 12.1. The van der Waals surface area contributed by atoms with Crippen LogP contribution in [-0.2, 0) is 0 Å². The predicted octanol–water partition coefficient (Wildman–Crippen LogP) is 3.24. The Morgan fingerprint density at radius 2 is 2.13 bits per heavy atom. The number of carbonyl (C=O) groups excluding carboxylic acids is 1. The first-order valence-corrected chi connectivity index (χ1v) is 5.38. The molecule has 0 heterocycles. The van der Waals surface area contributed by atoms with Crippen molar-refractivity contribution in [3.63, 3.8) is 0 Å². The van der Waals surface area contributed by atoms with Gasteiger partial charge in [-0.2, -0.15) is 0 Å². The zero-order valence-electron chi connectivity index (χ0n) is 9.33. The Hall–Kier alpha value is -1.02. The summed E-state index contributed by atoms with van der Waals surface area (Å²) >= 11 is 6.09. The van der Waals surface area contributed by atoms with Crippen molar-refractivity contribution < 1.29 is 4.79 Å². The Kier molecular flexibility index (Phi) is 4.15. The van der Waals surface area contributed by atoms with E-state index in [0.717, 1.165) is 18.5 Å². The molecule has 0 unspecified atom stereocenters. The number of halogens is 1. The van der Waals surface area contributed by atoms with E-state index in [9.17, 15) is 4.79 Å². The second kappa shape index (κ2) is 5.17. The van der Waals surface area contributed by atoms with Crippen molar-refractivity contribution in [2.24, 2.45) is 5.92 Å². The van der Waals surface area contributed by atoms with Crippen LogP contribution < -0.4 is 4.90 Å². The molecule has 0 saturated carbocycles. The summed E-state index contributed by atoms with van der Waals surface area (Å²) in [5.74, 6) is 0.580. The molecule has 0 bridgehead atoms. The summed E-state index contributed by atoms with van der Waals surface area (Å²) in [4.78, 5) is 12.6. The SMILES string of the molecule is CC(C)CN(C)c1ccc(C=O)cc1Cl. The third kappa shape index (κ3) is 3.24. The fourth-order valence-corrected chi connectivity index (χ4v) is 1.89. The first-order valence-electron chi connectivity index (χ1n) is 5.00. The third-order valence-corrected chi connectivity index (χ3v) is 2.46. The fourth-order valence-electron chi connectivity index (χ4n) is 1.55. The molecule has 1 aromatic carbocycles. The molecule has 2 nitrogen and oxygen atoms in total. The summed E-state index contributed by atoms with van der Waals surface area (Å²) in [7, 11) is 2.00. The Balaban J connectivity index is 2.90. The van der Waals surface area contributed by atoms with Crippen LogP contribution in [0.3, 0.4) is 0 Å². The average Bonchev–Trinajstić information content (AvgIpc) is 2.16. The van der Waals surface area contributed by atoms with Gasteiger partial charge in [-0.15, -0.1) is 0 Å². The lowest BCUT2D eigenvalue weighted by Gasteiger charge is -2.22. The smallest absolute Gasteiger partial charge is 0.150 e. The summed E-state index contributed by atoms with van der Waals surface area (Å²) in [6, 6.07) is 5.36. The summed E-state index contributed by atoms with van der Waals surface area (Å²) in [6.45, 7) is 5.26. The van der Waals surface area contributed by atoms with Crippen LogP contribution in [0, 0.1) is 5.92 Å². The summed E-state index contributed by atoms with van der Waals surface area (Å²) < 4.78 is 0. The average molecular weight is 226 g/mol. The minimum absolute atomic E-state index is 0.580. The van der Waals surface area contributed by atoms with Crippen LogP contribution in [0.1, 0.15) is 24.2 Å². The molecule has 0 fully saturated rings. The highest BCUT2D eigenvalue weighted by atomic mass is 35.5. The predicted molar refractivity (Wildman–Crippen MR) is 64.9 cm³/mol. The molecule has 82 valence electrons. The molecular weight excluding hydrogens is 210 g/mol. The van der Waals surface area contributed by atoms with E-state index in [-0.39, 0.29) is 0 Å². The van der Waals surface area contributed by atoms with Gasteiger partial charge < -0.3 is 4.90 Å². The fraction of sp³-hybridized carbons (Fsp3) is 0.417. The number of anilines is 1. The van der Waals surface area contributed by atoms with E-state index in [1.54, 1.807) is 12.1 Å². The number of hydrogen-bond donors (Lipinski definition) is 0. The van der Waals surface area contributed by atoms with Crippen molar-refractivity contribution in [1.82, 2.24) is 0 Å². The summed E-state index contributed by atoms with van der Waals surface area (Å²) in [6.07, 6.45) is 0.804. The van der Waals surface area contributed by atoms with E-state index in [1.165, 1.54) is 0 Å². The van der Waals surface area contributed by atoms with Gasteiger partial charge in [0.25, 0.3) is 0 Å². The highest BCUT2D eigenvalue weighted by molar-refractivity contribution is 6.33. The lowest BCUT2D eigenvalue weighted by Crippen LogP contribution is -2.22. The van der Waals surface area contributed by atoms with Crippen LogP contribution in [0.4, 0.5) is 5.69 Å². The largest absolute Gasteiger partial charge is 0.373 e. The molecule has 3 heteroatoms. The van der Waals surface area contributed by atoms with E-state index in [2.05, 4.69) is 18.7 Å². The van der Waals surface area contributed by atoms with Gasteiger partial charge in [0.05, 0.1) is 10.7 Å². The number of benzene rings is 1. The van der Waals surface area contributed by atoms with E-state index < -0.39 is 0 Å². The van der Waals surface area contributed by atoms with Crippen LogP contribution in [-0.4, -0.2) is 19.9 Å². The quantitative estimate of drug-likeness (QED) is 0.734. The summed E-state index contributed by atoms with van der Waals surface area (Å²) in [5.41, 5.74) is 1.58. The molecule has 0 N–H and O–H groups in total. The Labute approximate surface area is 95.8 Å². The van der Waals surface area contributed by atoms with Crippen molar-refractivity contribution in [1.29, 1.82) is 0 Å². The normalized spacial score (nSPS) is 10.5. The van der Waals surface area contributed by atoms with Crippen molar-refractivity contribution in [2.75, 3.05) is 18.5 Å². The maximum absolute atomic E-state index is 10.5. The van der Waals surface area contributed by atoms with Crippen LogP contribution in [0.2, 0.25) is 5.02 Å². The number of carbonyl (C=O) groups is 1. The van der Waals surface area contributed by atoms with Gasteiger partial charge in [0, 0.05) is 19.2 Å². The van der Waals surface area contributed by atoms with E-state index >= 15 is 0 Å². The number of rotatable bonds is 4. The monoisotopic (exact) mass is 225 g/mol. The molecule has 1 aromatic rings. The molecule has 0 aliphatic carbocycles. The Bertz CT molecular complexity index is 349. The molecule has 1 rings (SSSR count). The molecule has 0 aromatic heterocycles. The van der Waals surface area contributed by atoms with Crippen molar-refractivity contribution in [2.45, 2.75) is 13.8 Å². The number of hydrogen-bond acceptors (Lipinski definition) is 2. The molecular formula is C12H16ClNO. The van der Waals surface area contributed by atoms with E-state index in [4.69, 9.17) is 11.6 Å². The minimum Gasteiger partial charge on any atom is -0.373 e. The maximum Gasteiger partial charge on any atom is 0.150 e. The molecule has 0 aliphatic heterocycles. The zero-order valence-corrected chi connectivity index (χ0v) is 10.1. The van der Waals surface area contributed by atoms with Gasteiger partial charge in [0.1, 0.15) is 6.29 Å². The van der Waals surface area contributed by atoms with Crippen molar-refractivity contribution >= 4 is 23.6 Å². The highest BCUT2D eigenvalue weighted by Crippen LogP contribution is 2.26. The van der Waals surface area contributed by atoms with Crippen molar-refractivity contribution in [3.05, 3.63) is 28.8 Å². The van der Waals surface area contributed by atoms with Gasteiger partial charge in [0.15, 0.2) is 0 Å². The Morgan fingerprint density at radius 1 is 1.47 bits per heavy atom. The third-order valence-electron chi connectivity index (χ3n) is 2.16. The molecule has 15 heavy (non-hydrogen) atoms. The Morgan fingerprint density at radius 3 is 2.60 bits per heavy atom. The highest BCUT2D eigenvalue weighted by Gasteiger charge is 2.07. The van der Waals surface area contributed by atoms with Gasteiger partial charge >= 0.3 is 0 Å². The van der Waals surface area contributed by atoms with Gasteiger partial charge in [-0.25, -0.2) is 0 Å². The van der Waals surface area contributed by atoms with Crippen LogP contribution >= 0.6 is 11.6 Å². The standard InChI is InChI=1S/C12H16ClNO/c1-9(2)7-14(3)12-5-4-10(8-15)6-11(12)13/h4-6,8-9H,7H2,1-3H3. The topological polar surface area (TPSA) is 20.3 Å². The van der Waals surface area contributed by atoms with Crippen LogP contribution in [0.25, 0.3) is 0 Å². The molecule has 0 aliphatic rings. The molecule has 0 amide bonds. The lowest BCUT2D eigenvalue weighted by atomic mass is 10.1. The van der Waals surface area contributed by atoms with E-state index in [1.807, 2.05) is 13.1 Å². The number of nitrogens with zero attached hydrogens (tertiary/aromatic N) is 1. The maximum atomic E-state index is 10.5. The molecule has 0 saturated heterocycles. The van der Waals surface area contributed by atoms with Gasteiger partial charge in [-0.3, -0.25) is 4.79 Å². The summed E-state index contributed by atoms with van der Waals surface area (Å²) in [5, 5.41) is 0.628. The lowest BCUT2D eigenvalue weighted by molar-refractivity contribution is 0.112.